The number of unbranched alkanes of at least 4 members (excludes halogenated alkanes) is 5. The first-order chi connectivity index (χ1) is 15.2. The van der Waals surface area contributed by atoms with Crippen LogP contribution in [0.3, 0.4) is 0 Å². The number of amides is 1. The van der Waals surface area contributed by atoms with Gasteiger partial charge in [-0.05, 0) is 49.1 Å². The summed E-state index contributed by atoms with van der Waals surface area (Å²) in [6.45, 7) is 5.00. The van der Waals surface area contributed by atoms with Gasteiger partial charge in [0.15, 0.2) is 6.61 Å². The van der Waals surface area contributed by atoms with Gasteiger partial charge in [0, 0.05) is 5.56 Å². The Kier molecular flexibility index (Phi) is 11.9. The lowest BCUT2D eigenvalue weighted by atomic mass is 10.1. The standard InChI is InChI=1S/C26H36N2O3/c1-3-5-7-11-19-30-25-14-10-9-13-23(25)20-27-28-26(29)21-31-24-17-15-22(16-18-24)12-8-6-4-2/h9-10,13-18,20H,3-8,11-12,19,21H2,1-2H3,(H,28,29)/b27-20-. The molecule has 0 heterocycles. The highest BCUT2D eigenvalue weighted by atomic mass is 16.5. The van der Waals surface area contributed by atoms with Crippen molar-refractivity contribution in [1.29, 1.82) is 0 Å². The van der Waals surface area contributed by atoms with Crippen LogP contribution in [-0.4, -0.2) is 25.3 Å². The van der Waals surface area contributed by atoms with Gasteiger partial charge in [0.05, 0.1) is 12.8 Å². The maximum absolute atomic E-state index is 12.0. The van der Waals surface area contributed by atoms with E-state index in [1.54, 1.807) is 6.21 Å². The van der Waals surface area contributed by atoms with Crippen molar-refractivity contribution in [3.05, 3.63) is 59.7 Å². The van der Waals surface area contributed by atoms with Crippen molar-refractivity contribution in [2.24, 2.45) is 5.10 Å². The van der Waals surface area contributed by atoms with Crippen LogP contribution < -0.4 is 14.9 Å². The number of hydrazone groups is 1. The lowest BCUT2D eigenvalue weighted by molar-refractivity contribution is -0.123. The third-order valence-electron chi connectivity index (χ3n) is 4.93. The van der Waals surface area contributed by atoms with Crippen LogP contribution >= 0.6 is 0 Å². The third kappa shape index (κ3) is 10.2. The van der Waals surface area contributed by atoms with Gasteiger partial charge >= 0.3 is 0 Å². The average Bonchev–Trinajstić information content (AvgIpc) is 2.79. The lowest BCUT2D eigenvalue weighted by Crippen LogP contribution is -2.24. The molecule has 0 saturated carbocycles. The quantitative estimate of drug-likeness (QED) is 0.220. The molecule has 2 aromatic rings. The number of rotatable bonds is 15. The summed E-state index contributed by atoms with van der Waals surface area (Å²) in [7, 11) is 0. The highest BCUT2D eigenvalue weighted by molar-refractivity contribution is 5.85. The molecular formula is C26H36N2O3. The highest BCUT2D eigenvalue weighted by Crippen LogP contribution is 2.17. The van der Waals surface area contributed by atoms with Crippen LogP contribution in [0.4, 0.5) is 0 Å². The maximum Gasteiger partial charge on any atom is 0.277 e. The van der Waals surface area contributed by atoms with Gasteiger partial charge in [0.2, 0.25) is 0 Å². The van der Waals surface area contributed by atoms with E-state index in [0.717, 1.165) is 24.2 Å². The first-order valence-electron chi connectivity index (χ1n) is 11.5. The number of benzene rings is 2. The number of hydrogen-bond acceptors (Lipinski definition) is 4. The largest absolute Gasteiger partial charge is 0.493 e. The topological polar surface area (TPSA) is 59.9 Å². The number of carbonyl (C=O) groups excluding carboxylic acids is 1. The molecule has 5 nitrogen and oxygen atoms in total. The Labute approximate surface area is 186 Å². The molecular weight excluding hydrogens is 388 g/mol. The zero-order chi connectivity index (χ0) is 22.2. The van der Waals surface area contributed by atoms with Crippen LogP contribution in [0.1, 0.15) is 69.9 Å². The molecule has 0 aliphatic heterocycles. The predicted molar refractivity (Wildman–Crippen MR) is 127 cm³/mol. The molecule has 0 fully saturated rings. The summed E-state index contributed by atoms with van der Waals surface area (Å²) in [6.07, 6.45) is 11.0. The molecule has 0 bridgehead atoms. The zero-order valence-corrected chi connectivity index (χ0v) is 18.9. The van der Waals surface area contributed by atoms with Crippen molar-refractivity contribution < 1.29 is 14.3 Å². The van der Waals surface area contributed by atoms with Crippen LogP contribution in [0, 0.1) is 0 Å². The number of carbonyl (C=O) groups is 1. The minimum atomic E-state index is -0.304. The molecule has 0 aliphatic rings. The van der Waals surface area contributed by atoms with Gasteiger partial charge in [0.1, 0.15) is 11.5 Å². The first kappa shape index (κ1) is 24.4. The van der Waals surface area contributed by atoms with E-state index in [-0.39, 0.29) is 12.5 Å². The normalized spacial score (nSPS) is 10.9. The van der Waals surface area contributed by atoms with Crippen LogP contribution in [-0.2, 0) is 11.2 Å². The van der Waals surface area contributed by atoms with Gasteiger partial charge in [-0.25, -0.2) is 5.43 Å². The Balaban J connectivity index is 1.73. The molecule has 1 amide bonds. The summed E-state index contributed by atoms with van der Waals surface area (Å²) in [5.41, 5.74) is 4.63. The number of para-hydroxylation sites is 1. The lowest BCUT2D eigenvalue weighted by Gasteiger charge is -2.09. The van der Waals surface area contributed by atoms with E-state index in [0.29, 0.717) is 12.4 Å². The van der Waals surface area contributed by atoms with E-state index >= 15 is 0 Å². The van der Waals surface area contributed by atoms with Crippen molar-refractivity contribution in [1.82, 2.24) is 5.43 Å². The van der Waals surface area contributed by atoms with Gasteiger partial charge in [-0.1, -0.05) is 70.2 Å². The Morgan fingerprint density at radius 2 is 1.65 bits per heavy atom. The molecule has 0 unspecified atom stereocenters. The van der Waals surface area contributed by atoms with Crippen LogP contribution in [0.25, 0.3) is 0 Å². The van der Waals surface area contributed by atoms with E-state index < -0.39 is 0 Å². The molecule has 0 aliphatic carbocycles. The first-order valence-corrected chi connectivity index (χ1v) is 11.5. The molecule has 2 aromatic carbocycles. The third-order valence-corrected chi connectivity index (χ3v) is 4.93. The average molecular weight is 425 g/mol. The molecule has 0 radical (unpaired) electrons. The summed E-state index contributed by atoms with van der Waals surface area (Å²) in [6, 6.07) is 15.6. The maximum atomic E-state index is 12.0. The minimum Gasteiger partial charge on any atom is -0.493 e. The summed E-state index contributed by atoms with van der Waals surface area (Å²) in [4.78, 5) is 12.0. The van der Waals surface area contributed by atoms with Crippen molar-refractivity contribution in [3.8, 4) is 11.5 Å². The molecule has 5 heteroatoms. The fourth-order valence-corrected chi connectivity index (χ4v) is 3.12. The van der Waals surface area contributed by atoms with E-state index in [9.17, 15) is 4.79 Å². The molecule has 31 heavy (non-hydrogen) atoms. The number of hydrogen-bond donors (Lipinski definition) is 1. The number of nitrogens with zero attached hydrogens (tertiary/aromatic N) is 1. The number of ether oxygens (including phenoxy) is 2. The Morgan fingerprint density at radius 1 is 0.903 bits per heavy atom. The second kappa shape index (κ2) is 15.1. The SMILES string of the molecule is CCCCCCOc1ccccc1/C=N\NC(=O)COc1ccc(CCCCC)cc1. The van der Waals surface area contributed by atoms with E-state index in [4.69, 9.17) is 9.47 Å². The number of aryl methyl sites for hydroxylation is 1. The Hall–Kier alpha value is -2.82. The predicted octanol–water partition coefficient (Wildman–Crippen LogP) is 5.91. The van der Waals surface area contributed by atoms with Crippen molar-refractivity contribution in [3.63, 3.8) is 0 Å². The van der Waals surface area contributed by atoms with Gasteiger partial charge in [-0.15, -0.1) is 0 Å². The van der Waals surface area contributed by atoms with Gasteiger partial charge < -0.3 is 9.47 Å². The van der Waals surface area contributed by atoms with E-state index in [1.807, 2.05) is 36.4 Å². The van der Waals surface area contributed by atoms with Gasteiger partial charge in [-0.2, -0.15) is 5.10 Å². The van der Waals surface area contributed by atoms with E-state index in [2.05, 4.69) is 36.5 Å². The highest BCUT2D eigenvalue weighted by Gasteiger charge is 2.04. The van der Waals surface area contributed by atoms with Gasteiger partial charge in [-0.3, -0.25) is 4.79 Å². The zero-order valence-electron chi connectivity index (χ0n) is 18.9. The molecule has 0 aromatic heterocycles. The summed E-state index contributed by atoms with van der Waals surface area (Å²) < 4.78 is 11.4. The minimum absolute atomic E-state index is 0.0813. The van der Waals surface area contributed by atoms with Gasteiger partial charge in [0.25, 0.3) is 5.91 Å². The summed E-state index contributed by atoms with van der Waals surface area (Å²) in [5.74, 6) is 1.15. The van der Waals surface area contributed by atoms with Crippen LogP contribution in [0.15, 0.2) is 53.6 Å². The van der Waals surface area contributed by atoms with Crippen LogP contribution in [0.2, 0.25) is 0 Å². The number of nitrogens with one attached hydrogen (secondary N) is 1. The second-order valence-electron chi connectivity index (χ2n) is 7.63. The Bertz CT molecular complexity index is 787. The fraction of sp³-hybridized carbons (Fsp3) is 0.462. The summed E-state index contributed by atoms with van der Waals surface area (Å²) >= 11 is 0. The molecule has 168 valence electrons. The summed E-state index contributed by atoms with van der Waals surface area (Å²) in [5, 5.41) is 4.04. The molecule has 0 saturated heterocycles. The molecule has 1 N–H and O–H groups in total. The van der Waals surface area contributed by atoms with E-state index in [1.165, 1.54) is 44.1 Å². The fourth-order valence-electron chi connectivity index (χ4n) is 3.12. The molecule has 2 rings (SSSR count). The second-order valence-corrected chi connectivity index (χ2v) is 7.63. The monoisotopic (exact) mass is 424 g/mol. The van der Waals surface area contributed by atoms with Crippen LogP contribution in [0.5, 0.6) is 11.5 Å². The smallest absolute Gasteiger partial charge is 0.277 e. The Morgan fingerprint density at radius 3 is 2.42 bits per heavy atom. The van der Waals surface area contributed by atoms with Crippen molar-refractivity contribution >= 4 is 12.1 Å². The van der Waals surface area contributed by atoms with Crippen molar-refractivity contribution in [2.75, 3.05) is 13.2 Å². The molecule has 0 spiro atoms. The van der Waals surface area contributed by atoms with Crippen molar-refractivity contribution in [2.45, 2.75) is 65.2 Å². The molecule has 0 atom stereocenters.